The minimum Gasteiger partial charge on any atom is -0.352 e. The summed E-state index contributed by atoms with van der Waals surface area (Å²) in [5.74, 6) is 1.01. The van der Waals surface area contributed by atoms with Crippen molar-refractivity contribution in [2.45, 2.75) is 19.5 Å². The molecular formula is C16H18ClN3. The van der Waals surface area contributed by atoms with Gasteiger partial charge in [-0.1, -0.05) is 35.9 Å². The third-order valence-electron chi connectivity index (χ3n) is 3.70. The Labute approximate surface area is 124 Å². The summed E-state index contributed by atoms with van der Waals surface area (Å²) in [6, 6.07) is 12.6. The first-order valence-corrected chi connectivity index (χ1v) is 7.27. The number of hydrogen-bond acceptors (Lipinski definition) is 3. The summed E-state index contributed by atoms with van der Waals surface area (Å²) in [6.45, 7) is 2.62. The summed E-state index contributed by atoms with van der Waals surface area (Å²) in [5.41, 5.74) is 3.75. The SMILES string of the molecule is CNCc1nc(N2CCc3ccccc3C2)ccc1Cl. The minimum absolute atomic E-state index is 0.692. The van der Waals surface area contributed by atoms with Gasteiger partial charge in [-0.15, -0.1) is 0 Å². The Morgan fingerprint density at radius 2 is 2.00 bits per heavy atom. The zero-order valence-corrected chi connectivity index (χ0v) is 12.3. The molecular weight excluding hydrogens is 270 g/mol. The molecule has 20 heavy (non-hydrogen) atoms. The van der Waals surface area contributed by atoms with Gasteiger partial charge >= 0.3 is 0 Å². The monoisotopic (exact) mass is 287 g/mol. The molecule has 0 fully saturated rings. The molecule has 1 aromatic carbocycles. The van der Waals surface area contributed by atoms with Crippen molar-refractivity contribution >= 4 is 17.4 Å². The highest BCUT2D eigenvalue weighted by Gasteiger charge is 2.17. The van der Waals surface area contributed by atoms with E-state index in [1.807, 2.05) is 19.2 Å². The summed E-state index contributed by atoms with van der Waals surface area (Å²) in [5, 5.41) is 3.83. The van der Waals surface area contributed by atoms with Gasteiger partial charge in [-0.2, -0.15) is 0 Å². The molecule has 104 valence electrons. The van der Waals surface area contributed by atoms with Crippen LogP contribution in [0.2, 0.25) is 5.02 Å². The largest absolute Gasteiger partial charge is 0.352 e. The predicted molar refractivity (Wildman–Crippen MR) is 83.2 cm³/mol. The molecule has 3 nitrogen and oxygen atoms in total. The molecule has 1 aromatic heterocycles. The molecule has 0 radical (unpaired) electrons. The van der Waals surface area contributed by atoms with Gasteiger partial charge in [-0.05, 0) is 36.7 Å². The molecule has 0 atom stereocenters. The minimum atomic E-state index is 0.692. The van der Waals surface area contributed by atoms with Crippen molar-refractivity contribution in [1.82, 2.24) is 10.3 Å². The van der Waals surface area contributed by atoms with Crippen LogP contribution in [-0.2, 0) is 19.5 Å². The molecule has 0 saturated carbocycles. The van der Waals surface area contributed by atoms with Gasteiger partial charge in [0.15, 0.2) is 0 Å². The highest BCUT2D eigenvalue weighted by Crippen LogP contribution is 2.25. The van der Waals surface area contributed by atoms with E-state index in [0.717, 1.165) is 36.0 Å². The van der Waals surface area contributed by atoms with Gasteiger partial charge in [-0.3, -0.25) is 0 Å². The summed E-state index contributed by atoms with van der Waals surface area (Å²) in [7, 11) is 1.90. The number of benzene rings is 1. The molecule has 0 bridgehead atoms. The standard InChI is InChI=1S/C16H18ClN3/c1-18-10-15-14(17)6-7-16(19-15)20-9-8-12-4-2-3-5-13(12)11-20/h2-7,18H,8-11H2,1H3. The second kappa shape index (κ2) is 5.81. The number of nitrogens with zero attached hydrogens (tertiary/aromatic N) is 2. The van der Waals surface area contributed by atoms with E-state index >= 15 is 0 Å². The maximum Gasteiger partial charge on any atom is 0.129 e. The highest BCUT2D eigenvalue weighted by atomic mass is 35.5. The molecule has 2 heterocycles. The summed E-state index contributed by atoms with van der Waals surface area (Å²) < 4.78 is 0. The van der Waals surface area contributed by atoms with E-state index in [9.17, 15) is 0 Å². The quantitative estimate of drug-likeness (QED) is 0.940. The molecule has 0 unspecified atom stereocenters. The number of nitrogens with one attached hydrogen (secondary N) is 1. The van der Waals surface area contributed by atoms with Gasteiger partial charge in [-0.25, -0.2) is 4.98 Å². The van der Waals surface area contributed by atoms with Crippen LogP contribution in [0.3, 0.4) is 0 Å². The van der Waals surface area contributed by atoms with Crippen molar-refractivity contribution in [2.24, 2.45) is 0 Å². The summed E-state index contributed by atoms with van der Waals surface area (Å²) >= 11 is 6.17. The molecule has 1 aliphatic heterocycles. The van der Waals surface area contributed by atoms with Crippen LogP contribution >= 0.6 is 11.6 Å². The topological polar surface area (TPSA) is 28.2 Å². The van der Waals surface area contributed by atoms with E-state index in [2.05, 4.69) is 34.5 Å². The Morgan fingerprint density at radius 1 is 1.20 bits per heavy atom. The van der Waals surface area contributed by atoms with Gasteiger partial charge in [0, 0.05) is 19.6 Å². The Hall–Kier alpha value is -1.58. The van der Waals surface area contributed by atoms with Gasteiger partial charge in [0.1, 0.15) is 5.82 Å². The number of rotatable bonds is 3. The van der Waals surface area contributed by atoms with Crippen molar-refractivity contribution in [3.8, 4) is 0 Å². The molecule has 1 aliphatic rings. The second-order valence-electron chi connectivity index (χ2n) is 5.07. The van der Waals surface area contributed by atoms with Gasteiger partial charge in [0.05, 0.1) is 10.7 Å². The van der Waals surface area contributed by atoms with Gasteiger partial charge in [0.2, 0.25) is 0 Å². The number of anilines is 1. The highest BCUT2D eigenvalue weighted by molar-refractivity contribution is 6.31. The van der Waals surface area contributed by atoms with Crippen LogP contribution in [0.5, 0.6) is 0 Å². The van der Waals surface area contributed by atoms with Crippen molar-refractivity contribution < 1.29 is 0 Å². The van der Waals surface area contributed by atoms with Crippen LogP contribution in [-0.4, -0.2) is 18.6 Å². The van der Waals surface area contributed by atoms with E-state index in [-0.39, 0.29) is 0 Å². The van der Waals surface area contributed by atoms with Crippen molar-refractivity contribution in [3.63, 3.8) is 0 Å². The number of aromatic nitrogens is 1. The first-order valence-electron chi connectivity index (χ1n) is 6.89. The van der Waals surface area contributed by atoms with E-state index in [4.69, 9.17) is 16.6 Å². The van der Waals surface area contributed by atoms with E-state index in [1.54, 1.807) is 0 Å². The number of fused-ring (bicyclic) bond motifs is 1. The van der Waals surface area contributed by atoms with Crippen LogP contribution in [0.1, 0.15) is 16.8 Å². The molecule has 0 amide bonds. The van der Waals surface area contributed by atoms with E-state index < -0.39 is 0 Å². The molecule has 0 spiro atoms. The van der Waals surface area contributed by atoms with E-state index in [1.165, 1.54) is 11.1 Å². The third kappa shape index (κ3) is 2.65. The first kappa shape index (κ1) is 13.4. The first-order chi connectivity index (χ1) is 9.78. The molecule has 2 aromatic rings. The summed E-state index contributed by atoms with van der Waals surface area (Å²) in [4.78, 5) is 7.01. The lowest BCUT2D eigenvalue weighted by Gasteiger charge is -2.30. The maximum absolute atomic E-state index is 6.17. The van der Waals surface area contributed by atoms with Crippen LogP contribution in [0.15, 0.2) is 36.4 Å². The Morgan fingerprint density at radius 3 is 2.80 bits per heavy atom. The van der Waals surface area contributed by atoms with Crippen molar-refractivity contribution in [2.75, 3.05) is 18.5 Å². The average Bonchev–Trinajstić information content (AvgIpc) is 2.49. The van der Waals surface area contributed by atoms with Crippen LogP contribution in [0, 0.1) is 0 Å². The number of hydrogen-bond donors (Lipinski definition) is 1. The van der Waals surface area contributed by atoms with E-state index in [0.29, 0.717) is 6.54 Å². The Bertz CT molecular complexity index is 612. The normalized spacial score (nSPS) is 14.2. The van der Waals surface area contributed by atoms with Crippen LogP contribution in [0.4, 0.5) is 5.82 Å². The van der Waals surface area contributed by atoms with Crippen molar-refractivity contribution in [3.05, 3.63) is 58.2 Å². The lowest BCUT2D eigenvalue weighted by molar-refractivity contribution is 0.712. The summed E-state index contributed by atoms with van der Waals surface area (Å²) in [6.07, 6.45) is 1.07. The Balaban J connectivity index is 1.86. The maximum atomic E-state index is 6.17. The molecule has 0 aliphatic carbocycles. The number of pyridine rings is 1. The van der Waals surface area contributed by atoms with Crippen molar-refractivity contribution in [1.29, 1.82) is 0 Å². The zero-order valence-electron chi connectivity index (χ0n) is 11.6. The zero-order chi connectivity index (χ0) is 13.9. The van der Waals surface area contributed by atoms with Gasteiger partial charge in [0.25, 0.3) is 0 Å². The fourth-order valence-electron chi connectivity index (χ4n) is 2.63. The predicted octanol–water partition coefficient (Wildman–Crippen LogP) is 3.02. The van der Waals surface area contributed by atoms with Crippen LogP contribution < -0.4 is 10.2 Å². The molecule has 3 rings (SSSR count). The fourth-order valence-corrected chi connectivity index (χ4v) is 2.80. The molecule has 1 N–H and O–H groups in total. The van der Waals surface area contributed by atoms with Gasteiger partial charge < -0.3 is 10.2 Å². The number of halogens is 1. The smallest absolute Gasteiger partial charge is 0.129 e. The molecule has 4 heteroatoms. The van der Waals surface area contributed by atoms with Crippen LogP contribution in [0.25, 0.3) is 0 Å². The lowest BCUT2D eigenvalue weighted by atomic mass is 10.00. The fraction of sp³-hybridized carbons (Fsp3) is 0.312. The third-order valence-corrected chi connectivity index (χ3v) is 4.05. The average molecular weight is 288 g/mol. The lowest BCUT2D eigenvalue weighted by Crippen LogP contribution is -2.31. The molecule has 0 saturated heterocycles. The second-order valence-corrected chi connectivity index (χ2v) is 5.48. The Kier molecular flexibility index (Phi) is 3.90.